The molecule has 25 heavy (non-hydrogen) atoms. The molecule has 3 N–H and O–H groups in total. The van der Waals surface area contributed by atoms with E-state index in [-0.39, 0.29) is 17.7 Å². The van der Waals surface area contributed by atoms with E-state index in [0.717, 1.165) is 6.07 Å². The molecule has 2 amide bonds. The summed E-state index contributed by atoms with van der Waals surface area (Å²) in [7, 11) is 0. The molecule has 0 heterocycles. The van der Waals surface area contributed by atoms with Gasteiger partial charge in [-0.25, -0.2) is 4.79 Å². The summed E-state index contributed by atoms with van der Waals surface area (Å²) in [5.41, 5.74) is -1.65. The van der Waals surface area contributed by atoms with Crippen LogP contribution < -0.4 is 10.6 Å². The molecule has 0 bridgehead atoms. The highest BCUT2D eigenvalue weighted by molar-refractivity contribution is 5.98. The van der Waals surface area contributed by atoms with Crippen molar-refractivity contribution >= 4 is 23.5 Å². The lowest BCUT2D eigenvalue weighted by Crippen LogP contribution is -2.57. The second-order valence-electron chi connectivity index (χ2n) is 5.88. The molecule has 0 aliphatic carbocycles. The summed E-state index contributed by atoms with van der Waals surface area (Å²) in [6.07, 6.45) is 0.789. The van der Waals surface area contributed by atoms with E-state index in [1.165, 1.54) is 32.0 Å². The molecule has 0 radical (unpaired) electrons. The van der Waals surface area contributed by atoms with Gasteiger partial charge in [0.1, 0.15) is 11.6 Å². The first-order valence-corrected chi connectivity index (χ1v) is 7.71. The Morgan fingerprint density at radius 2 is 2.00 bits per heavy atom. The maximum Gasteiger partial charge on any atom is 0.329 e. The van der Waals surface area contributed by atoms with Gasteiger partial charge in [0.25, 0.3) is 11.6 Å². The minimum atomic E-state index is -1.43. The van der Waals surface area contributed by atoms with E-state index >= 15 is 0 Å². The number of hydrogen-bond acceptors (Lipinski definition) is 5. The molecule has 1 aromatic carbocycles. The second kappa shape index (κ2) is 8.22. The van der Waals surface area contributed by atoms with E-state index in [2.05, 4.69) is 10.6 Å². The predicted octanol–water partition coefficient (Wildman–Crippen LogP) is 1.47. The maximum absolute atomic E-state index is 12.2. The summed E-state index contributed by atoms with van der Waals surface area (Å²) in [5.74, 6) is -2.49. The molecule has 0 aliphatic heterocycles. The number of nitro benzene ring substituents is 1. The molecule has 2 atom stereocenters. The van der Waals surface area contributed by atoms with Crippen molar-refractivity contribution in [1.82, 2.24) is 10.6 Å². The quantitative estimate of drug-likeness (QED) is 0.479. The third-order valence-electron chi connectivity index (χ3n) is 3.68. The summed E-state index contributed by atoms with van der Waals surface area (Å²) in [6, 6.07) is 4.07. The third-order valence-corrected chi connectivity index (χ3v) is 3.68. The van der Waals surface area contributed by atoms with Crippen molar-refractivity contribution in [2.24, 2.45) is 0 Å². The Morgan fingerprint density at radius 3 is 2.52 bits per heavy atom. The van der Waals surface area contributed by atoms with E-state index in [0.29, 0.717) is 6.42 Å². The largest absolute Gasteiger partial charge is 0.480 e. The van der Waals surface area contributed by atoms with Crippen molar-refractivity contribution in [3.05, 3.63) is 39.9 Å². The molecule has 0 aromatic heterocycles. The highest BCUT2D eigenvalue weighted by atomic mass is 16.6. The van der Waals surface area contributed by atoms with Crippen LogP contribution in [0.3, 0.4) is 0 Å². The zero-order valence-electron chi connectivity index (χ0n) is 14.2. The van der Waals surface area contributed by atoms with E-state index < -0.39 is 34.3 Å². The molecule has 1 rings (SSSR count). The van der Waals surface area contributed by atoms with Crippen molar-refractivity contribution in [2.75, 3.05) is 0 Å². The number of nitrogens with one attached hydrogen (secondary N) is 2. The van der Waals surface area contributed by atoms with Gasteiger partial charge in [-0.15, -0.1) is 0 Å². The Bertz CT molecular complexity index is 690. The van der Waals surface area contributed by atoms with Crippen LogP contribution in [0, 0.1) is 10.1 Å². The standard InChI is InChI=1S/C16H21N3O6/c1-4-8-16(3,15(22)23)18-13(20)10(2)17-14(21)11-6-5-7-12(9-11)19(24)25/h5-7,9-10H,4,8H2,1-3H3,(H,17,21)(H,18,20)(H,22,23). The van der Waals surface area contributed by atoms with Gasteiger partial charge in [-0.2, -0.15) is 0 Å². The molecule has 0 saturated carbocycles. The Labute approximate surface area is 144 Å². The number of nitrogens with zero attached hydrogens (tertiary/aromatic N) is 1. The lowest BCUT2D eigenvalue weighted by atomic mass is 9.96. The Balaban J connectivity index is 2.80. The minimum absolute atomic E-state index is 0.0309. The molecule has 0 aliphatic rings. The van der Waals surface area contributed by atoms with Crippen LogP contribution >= 0.6 is 0 Å². The van der Waals surface area contributed by atoms with Crippen LogP contribution in [0.2, 0.25) is 0 Å². The number of hydrogen-bond donors (Lipinski definition) is 3. The molecular formula is C16H21N3O6. The Hall–Kier alpha value is -2.97. The fraction of sp³-hybridized carbons (Fsp3) is 0.438. The van der Waals surface area contributed by atoms with Crippen LogP contribution in [0.25, 0.3) is 0 Å². The van der Waals surface area contributed by atoms with Gasteiger partial charge >= 0.3 is 5.97 Å². The summed E-state index contributed by atoms with van der Waals surface area (Å²) in [4.78, 5) is 45.8. The molecule has 136 valence electrons. The molecule has 1 aromatic rings. The smallest absolute Gasteiger partial charge is 0.329 e. The average Bonchev–Trinajstić information content (AvgIpc) is 2.54. The van der Waals surface area contributed by atoms with Gasteiger partial charge in [-0.3, -0.25) is 19.7 Å². The number of carbonyl (C=O) groups is 3. The molecule has 0 spiro atoms. The normalized spacial score (nSPS) is 14.0. The van der Waals surface area contributed by atoms with Gasteiger partial charge in [0.15, 0.2) is 0 Å². The van der Waals surface area contributed by atoms with Gasteiger partial charge in [0, 0.05) is 17.7 Å². The van der Waals surface area contributed by atoms with E-state index in [4.69, 9.17) is 0 Å². The van der Waals surface area contributed by atoms with Crippen LogP contribution in [0.4, 0.5) is 5.69 Å². The minimum Gasteiger partial charge on any atom is -0.480 e. The van der Waals surface area contributed by atoms with Crippen LogP contribution in [0.1, 0.15) is 44.0 Å². The predicted molar refractivity (Wildman–Crippen MR) is 89.1 cm³/mol. The van der Waals surface area contributed by atoms with Gasteiger partial charge < -0.3 is 15.7 Å². The summed E-state index contributed by atoms with van der Waals surface area (Å²) in [5, 5.41) is 24.8. The number of carboxylic acids is 1. The van der Waals surface area contributed by atoms with Crippen LogP contribution in [0.15, 0.2) is 24.3 Å². The number of amides is 2. The van der Waals surface area contributed by atoms with Crippen molar-refractivity contribution < 1.29 is 24.4 Å². The Morgan fingerprint density at radius 1 is 1.36 bits per heavy atom. The highest BCUT2D eigenvalue weighted by Gasteiger charge is 2.35. The zero-order chi connectivity index (χ0) is 19.2. The monoisotopic (exact) mass is 351 g/mol. The van der Waals surface area contributed by atoms with E-state index in [9.17, 15) is 29.6 Å². The molecule has 2 unspecified atom stereocenters. The number of carbonyl (C=O) groups excluding carboxylic acids is 2. The molecular weight excluding hydrogens is 330 g/mol. The van der Waals surface area contributed by atoms with Crippen LogP contribution in [-0.2, 0) is 9.59 Å². The van der Waals surface area contributed by atoms with E-state index in [1.807, 2.05) is 0 Å². The highest BCUT2D eigenvalue weighted by Crippen LogP contribution is 2.14. The maximum atomic E-state index is 12.2. The molecule has 0 fully saturated rings. The summed E-state index contributed by atoms with van der Waals surface area (Å²) in [6.45, 7) is 4.59. The van der Waals surface area contributed by atoms with Gasteiger partial charge in [0.2, 0.25) is 5.91 Å². The van der Waals surface area contributed by atoms with E-state index in [1.54, 1.807) is 6.92 Å². The molecule has 0 saturated heterocycles. The van der Waals surface area contributed by atoms with Crippen molar-refractivity contribution in [3.63, 3.8) is 0 Å². The zero-order valence-corrected chi connectivity index (χ0v) is 14.2. The fourth-order valence-corrected chi connectivity index (χ4v) is 2.21. The first kappa shape index (κ1) is 20.1. The van der Waals surface area contributed by atoms with Crippen LogP contribution in [0.5, 0.6) is 0 Å². The number of benzene rings is 1. The van der Waals surface area contributed by atoms with Crippen molar-refractivity contribution in [2.45, 2.75) is 45.2 Å². The second-order valence-corrected chi connectivity index (χ2v) is 5.88. The van der Waals surface area contributed by atoms with Gasteiger partial charge in [-0.05, 0) is 26.3 Å². The van der Waals surface area contributed by atoms with Crippen LogP contribution in [-0.4, -0.2) is 39.4 Å². The third kappa shape index (κ3) is 5.27. The molecule has 9 nitrogen and oxygen atoms in total. The number of aliphatic carboxylic acids is 1. The van der Waals surface area contributed by atoms with Gasteiger partial charge in [0.05, 0.1) is 4.92 Å². The fourth-order valence-electron chi connectivity index (χ4n) is 2.21. The van der Waals surface area contributed by atoms with Crippen molar-refractivity contribution in [3.8, 4) is 0 Å². The Kier molecular flexibility index (Phi) is 6.60. The SMILES string of the molecule is CCCC(C)(NC(=O)C(C)NC(=O)c1cccc([N+](=O)[O-])c1)C(=O)O. The lowest BCUT2D eigenvalue weighted by molar-refractivity contribution is -0.384. The number of rotatable bonds is 8. The number of carboxylic acid groups (broad SMARTS) is 1. The average molecular weight is 351 g/mol. The van der Waals surface area contributed by atoms with Gasteiger partial charge in [-0.1, -0.05) is 19.4 Å². The molecule has 9 heteroatoms. The number of non-ortho nitro benzene ring substituents is 1. The topological polar surface area (TPSA) is 139 Å². The first-order chi connectivity index (χ1) is 11.6. The summed E-state index contributed by atoms with van der Waals surface area (Å²) >= 11 is 0. The lowest BCUT2D eigenvalue weighted by Gasteiger charge is -2.27. The summed E-state index contributed by atoms with van der Waals surface area (Å²) < 4.78 is 0. The first-order valence-electron chi connectivity index (χ1n) is 7.71. The van der Waals surface area contributed by atoms with Crippen molar-refractivity contribution in [1.29, 1.82) is 0 Å². The number of nitro groups is 1.